The zero-order valence-electron chi connectivity index (χ0n) is 16.3. The van der Waals surface area contributed by atoms with Crippen LogP contribution in [0.25, 0.3) is 22.0 Å². The number of hydrogen-bond donors (Lipinski definition) is 0. The topological polar surface area (TPSA) is 12.9 Å². The molecule has 2 bridgehead atoms. The number of pyridine rings is 1. The van der Waals surface area contributed by atoms with Gasteiger partial charge >= 0.3 is 0 Å². The van der Waals surface area contributed by atoms with Crippen molar-refractivity contribution in [3.63, 3.8) is 0 Å². The molecule has 3 aliphatic carbocycles. The van der Waals surface area contributed by atoms with Crippen LogP contribution in [0.3, 0.4) is 0 Å². The van der Waals surface area contributed by atoms with Crippen LogP contribution in [0.2, 0.25) is 0 Å². The highest BCUT2D eigenvalue weighted by atomic mass is 14.7. The lowest BCUT2D eigenvalue weighted by Gasteiger charge is -2.39. The lowest BCUT2D eigenvalue weighted by Crippen LogP contribution is -2.21. The van der Waals surface area contributed by atoms with Crippen LogP contribution in [0.4, 0.5) is 0 Å². The van der Waals surface area contributed by atoms with Crippen molar-refractivity contribution >= 4 is 10.8 Å². The molecule has 0 amide bonds. The Morgan fingerprint density at radius 1 is 0.920 bits per heavy atom. The normalized spacial score (nSPS) is 22.1. The van der Waals surface area contributed by atoms with Crippen LogP contribution in [-0.4, -0.2) is 4.98 Å². The summed E-state index contributed by atoms with van der Waals surface area (Å²) in [5.41, 5.74) is 8.82. The molecular formula is C24H25N. The molecule has 1 heterocycles. The maximum Gasteiger partial charge on any atom is 0.0786 e. The number of benzene rings is 2. The molecule has 1 nitrogen and oxygen atoms in total. The van der Waals surface area contributed by atoms with Gasteiger partial charge in [-0.25, -0.2) is 0 Å². The third-order valence-corrected chi connectivity index (χ3v) is 6.32. The maximum absolute atomic E-state index is 8.45. The standard InChI is InChI=1S/C24H25N/c1-14-4-9-20-19(10-14)12-16(3)25-24(20)21-13-23-18-7-5-17(6-8-18)22(23)11-15(21)2/h4,9-13,17-18H,5-8H2,1-3H3/i12D. The second-order valence-corrected chi connectivity index (χ2v) is 8.06. The predicted octanol–water partition coefficient (Wildman–Crippen LogP) is 6.58. The van der Waals surface area contributed by atoms with E-state index in [4.69, 9.17) is 6.35 Å². The van der Waals surface area contributed by atoms with Crippen molar-refractivity contribution < 1.29 is 1.37 Å². The number of aryl methyl sites for hydroxylation is 3. The minimum atomic E-state index is 0.558. The van der Waals surface area contributed by atoms with Crippen molar-refractivity contribution in [3.8, 4) is 11.3 Å². The molecule has 1 aromatic heterocycles. The number of aromatic nitrogens is 1. The SMILES string of the molecule is [2H]c1c(C)nc(-c2cc3c(cc2C)C2CCC3CC2)c2ccc(C)cc12. The van der Waals surface area contributed by atoms with Crippen LogP contribution in [0.5, 0.6) is 0 Å². The van der Waals surface area contributed by atoms with Crippen LogP contribution in [0.1, 0.15) is 66.8 Å². The third-order valence-electron chi connectivity index (χ3n) is 6.32. The summed E-state index contributed by atoms with van der Waals surface area (Å²) < 4.78 is 8.45. The van der Waals surface area contributed by atoms with Crippen molar-refractivity contribution in [1.82, 2.24) is 4.98 Å². The average Bonchev–Trinajstić information content (AvgIpc) is 2.65. The highest BCUT2D eigenvalue weighted by Gasteiger charge is 2.33. The molecule has 0 spiro atoms. The summed E-state index contributed by atoms with van der Waals surface area (Å²) in [4.78, 5) is 4.89. The summed E-state index contributed by atoms with van der Waals surface area (Å²) in [7, 11) is 0. The molecular weight excluding hydrogens is 302 g/mol. The molecule has 3 aliphatic rings. The molecule has 0 radical (unpaired) electrons. The van der Waals surface area contributed by atoms with Gasteiger partial charge in [0.05, 0.1) is 7.06 Å². The van der Waals surface area contributed by atoms with Gasteiger partial charge in [0.2, 0.25) is 0 Å². The van der Waals surface area contributed by atoms with Gasteiger partial charge in [-0.1, -0.05) is 29.8 Å². The number of fused-ring (bicyclic) bond motifs is 3. The molecule has 126 valence electrons. The fourth-order valence-corrected chi connectivity index (χ4v) is 5.05. The van der Waals surface area contributed by atoms with E-state index in [2.05, 4.69) is 44.2 Å². The summed E-state index contributed by atoms with van der Waals surface area (Å²) in [6.07, 6.45) is 5.42. The zero-order chi connectivity index (χ0) is 18.0. The van der Waals surface area contributed by atoms with Gasteiger partial charge in [-0.15, -0.1) is 0 Å². The second-order valence-electron chi connectivity index (χ2n) is 8.06. The van der Waals surface area contributed by atoms with Crippen molar-refractivity contribution in [2.45, 2.75) is 58.3 Å². The third kappa shape index (κ3) is 2.33. The monoisotopic (exact) mass is 328 g/mol. The van der Waals surface area contributed by atoms with Crippen LogP contribution >= 0.6 is 0 Å². The van der Waals surface area contributed by atoms with E-state index < -0.39 is 0 Å². The van der Waals surface area contributed by atoms with Crippen molar-refractivity contribution in [1.29, 1.82) is 0 Å². The average molecular weight is 328 g/mol. The lowest BCUT2D eigenvalue weighted by atomic mass is 9.66. The Kier molecular flexibility index (Phi) is 3.05. The van der Waals surface area contributed by atoms with E-state index in [1.807, 2.05) is 6.92 Å². The molecule has 1 saturated carbocycles. The molecule has 3 aromatic rings. The summed E-state index contributed by atoms with van der Waals surface area (Å²) >= 11 is 0. The van der Waals surface area contributed by atoms with Crippen LogP contribution in [-0.2, 0) is 0 Å². The highest BCUT2D eigenvalue weighted by Crippen LogP contribution is 2.50. The summed E-state index contributed by atoms with van der Waals surface area (Å²) in [5.74, 6) is 1.51. The highest BCUT2D eigenvalue weighted by molar-refractivity contribution is 5.96. The Balaban J connectivity index is 1.79. The Morgan fingerprint density at radius 2 is 1.60 bits per heavy atom. The first-order valence-corrected chi connectivity index (χ1v) is 9.55. The molecule has 0 unspecified atom stereocenters. The van der Waals surface area contributed by atoms with E-state index >= 15 is 0 Å². The molecule has 0 N–H and O–H groups in total. The van der Waals surface area contributed by atoms with Gasteiger partial charge in [0, 0.05) is 16.6 Å². The van der Waals surface area contributed by atoms with E-state index in [9.17, 15) is 0 Å². The molecule has 1 heteroatoms. The summed E-state index contributed by atoms with van der Waals surface area (Å²) in [6.45, 7) is 6.28. The fourth-order valence-electron chi connectivity index (χ4n) is 5.05. The van der Waals surface area contributed by atoms with Crippen LogP contribution < -0.4 is 0 Å². The first-order chi connectivity index (χ1) is 12.5. The van der Waals surface area contributed by atoms with Crippen LogP contribution in [0.15, 0.2) is 36.4 Å². The quantitative estimate of drug-likeness (QED) is 0.491. The van der Waals surface area contributed by atoms with Crippen LogP contribution in [0, 0.1) is 20.8 Å². The molecule has 6 rings (SSSR count). The molecule has 1 fully saturated rings. The Hall–Kier alpha value is -2.15. The summed E-state index contributed by atoms with van der Waals surface area (Å²) in [5, 5.41) is 2.13. The van der Waals surface area contributed by atoms with Gasteiger partial charge in [-0.2, -0.15) is 0 Å². The zero-order valence-corrected chi connectivity index (χ0v) is 15.3. The molecule has 0 atom stereocenters. The van der Waals surface area contributed by atoms with Crippen molar-refractivity contribution in [2.75, 3.05) is 0 Å². The largest absolute Gasteiger partial charge is 0.252 e. The number of rotatable bonds is 1. The van der Waals surface area contributed by atoms with E-state index in [1.165, 1.54) is 42.4 Å². The first-order valence-electron chi connectivity index (χ1n) is 10.1. The number of hydrogen-bond acceptors (Lipinski definition) is 1. The second kappa shape index (κ2) is 5.42. The fraction of sp³-hybridized carbons (Fsp3) is 0.375. The molecule has 0 saturated heterocycles. The Morgan fingerprint density at radius 3 is 2.32 bits per heavy atom. The van der Waals surface area contributed by atoms with E-state index in [-0.39, 0.29) is 0 Å². The predicted molar refractivity (Wildman–Crippen MR) is 105 cm³/mol. The van der Waals surface area contributed by atoms with Gasteiger partial charge < -0.3 is 0 Å². The minimum absolute atomic E-state index is 0.558. The molecule has 25 heavy (non-hydrogen) atoms. The van der Waals surface area contributed by atoms with Gasteiger partial charge in [-0.3, -0.25) is 4.98 Å². The van der Waals surface area contributed by atoms with E-state index in [0.717, 1.165) is 34.0 Å². The first kappa shape index (κ1) is 14.1. The minimum Gasteiger partial charge on any atom is -0.252 e. The van der Waals surface area contributed by atoms with Gasteiger partial charge in [0.1, 0.15) is 0 Å². The Labute approximate surface area is 151 Å². The molecule has 0 aliphatic heterocycles. The van der Waals surface area contributed by atoms with Gasteiger partial charge in [0.25, 0.3) is 0 Å². The maximum atomic E-state index is 8.45. The number of nitrogens with zero attached hydrogens (tertiary/aromatic N) is 1. The van der Waals surface area contributed by atoms with Crippen molar-refractivity contribution in [3.05, 3.63) is 64.3 Å². The van der Waals surface area contributed by atoms with E-state index in [1.54, 1.807) is 11.1 Å². The van der Waals surface area contributed by atoms with E-state index in [0.29, 0.717) is 6.04 Å². The Bertz CT molecular complexity index is 1040. The van der Waals surface area contributed by atoms with Gasteiger partial charge in [-0.05, 0) is 92.5 Å². The summed E-state index contributed by atoms with van der Waals surface area (Å²) in [6, 6.07) is 11.8. The van der Waals surface area contributed by atoms with Crippen molar-refractivity contribution in [2.24, 2.45) is 0 Å². The molecule has 2 aromatic carbocycles. The smallest absolute Gasteiger partial charge is 0.0786 e. The lowest BCUT2D eigenvalue weighted by molar-refractivity contribution is 0.358. The van der Waals surface area contributed by atoms with Gasteiger partial charge in [0.15, 0.2) is 0 Å².